The SMILES string of the molecule is CC(=O)C(N)(CO)Cc1ccc(O)cc1. The Labute approximate surface area is 88.3 Å². The molecule has 0 aliphatic carbocycles. The van der Waals surface area contributed by atoms with Gasteiger partial charge in [-0.1, -0.05) is 12.1 Å². The largest absolute Gasteiger partial charge is 0.508 e. The molecule has 0 aliphatic rings. The molecule has 82 valence electrons. The van der Waals surface area contributed by atoms with E-state index in [4.69, 9.17) is 15.9 Å². The molecular formula is C11H15NO3. The molecule has 1 aromatic rings. The average molecular weight is 209 g/mol. The van der Waals surface area contributed by atoms with E-state index in [1.165, 1.54) is 19.1 Å². The van der Waals surface area contributed by atoms with Crippen molar-refractivity contribution in [3.05, 3.63) is 29.8 Å². The van der Waals surface area contributed by atoms with Crippen LogP contribution in [0.1, 0.15) is 12.5 Å². The summed E-state index contributed by atoms with van der Waals surface area (Å²) in [5.41, 5.74) is 5.33. The predicted octanol–water partition coefficient (Wildman–Crippen LogP) is 0.213. The molecule has 0 saturated heterocycles. The zero-order chi connectivity index (χ0) is 11.5. The van der Waals surface area contributed by atoms with Gasteiger partial charge in [-0.15, -0.1) is 0 Å². The Hall–Kier alpha value is -1.39. The molecule has 0 heterocycles. The minimum atomic E-state index is -1.23. The van der Waals surface area contributed by atoms with E-state index < -0.39 is 5.54 Å². The molecule has 4 nitrogen and oxygen atoms in total. The number of hydrogen-bond donors (Lipinski definition) is 3. The number of aliphatic hydroxyl groups excluding tert-OH is 1. The van der Waals surface area contributed by atoms with Gasteiger partial charge in [0.05, 0.1) is 6.61 Å². The quantitative estimate of drug-likeness (QED) is 0.662. The van der Waals surface area contributed by atoms with Gasteiger partial charge in [0.1, 0.15) is 11.3 Å². The Kier molecular flexibility index (Phi) is 3.44. The van der Waals surface area contributed by atoms with Crippen LogP contribution in [0, 0.1) is 0 Å². The van der Waals surface area contributed by atoms with Crippen LogP contribution in [-0.4, -0.2) is 28.1 Å². The first-order chi connectivity index (χ1) is 6.98. The van der Waals surface area contributed by atoms with Crippen molar-refractivity contribution in [2.45, 2.75) is 18.9 Å². The number of rotatable bonds is 4. The van der Waals surface area contributed by atoms with Gasteiger partial charge < -0.3 is 15.9 Å². The summed E-state index contributed by atoms with van der Waals surface area (Å²) in [4.78, 5) is 11.2. The fourth-order valence-corrected chi connectivity index (χ4v) is 1.27. The molecular weight excluding hydrogens is 194 g/mol. The molecule has 4 N–H and O–H groups in total. The number of carbonyl (C=O) groups is 1. The van der Waals surface area contributed by atoms with E-state index in [-0.39, 0.29) is 24.6 Å². The molecule has 1 atom stereocenters. The summed E-state index contributed by atoms with van der Waals surface area (Å²) >= 11 is 0. The van der Waals surface area contributed by atoms with E-state index in [1.54, 1.807) is 12.1 Å². The van der Waals surface area contributed by atoms with E-state index in [2.05, 4.69) is 0 Å². The summed E-state index contributed by atoms with van der Waals surface area (Å²) < 4.78 is 0. The van der Waals surface area contributed by atoms with E-state index >= 15 is 0 Å². The van der Waals surface area contributed by atoms with Crippen molar-refractivity contribution in [2.24, 2.45) is 5.73 Å². The first-order valence-electron chi connectivity index (χ1n) is 4.66. The highest BCUT2D eigenvalue weighted by atomic mass is 16.3. The van der Waals surface area contributed by atoms with Crippen molar-refractivity contribution in [3.8, 4) is 5.75 Å². The maximum absolute atomic E-state index is 11.2. The van der Waals surface area contributed by atoms with E-state index in [1.807, 2.05) is 0 Å². The van der Waals surface area contributed by atoms with Gasteiger partial charge in [-0.05, 0) is 31.0 Å². The highest BCUT2D eigenvalue weighted by Crippen LogP contribution is 2.15. The summed E-state index contributed by atoms with van der Waals surface area (Å²) in [6.07, 6.45) is 0.263. The number of Topliss-reactive ketones (excluding diaryl/α,β-unsaturated/α-hetero) is 1. The lowest BCUT2D eigenvalue weighted by Crippen LogP contribution is -2.52. The molecule has 1 rings (SSSR count). The Bertz CT molecular complexity index is 347. The van der Waals surface area contributed by atoms with Crippen molar-refractivity contribution in [1.29, 1.82) is 0 Å². The maximum Gasteiger partial charge on any atom is 0.152 e. The number of benzene rings is 1. The van der Waals surface area contributed by atoms with Crippen LogP contribution in [0.4, 0.5) is 0 Å². The normalized spacial score (nSPS) is 14.6. The van der Waals surface area contributed by atoms with E-state index in [0.29, 0.717) is 0 Å². The minimum Gasteiger partial charge on any atom is -0.508 e. The molecule has 0 amide bonds. The number of phenols is 1. The molecule has 15 heavy (non-hydrogen) atoms. The third-order valence-electron chi connectivity index (χ3n) is 2.44. The van der Waals surface area contributed by atoms with Crippen molar-refractivity contribution in [2.75, 3.05) is 6.61 Å². The molecule has 0 bridgehead atoms. The first-order valence-corrected chi connectivity index (χ1v) is 4.66. The molecule has 4 heteroatoms. The van der Waals surface area contributed by atoms with Gasteiger partial charge in [0.25, 0.3) is 0 Å². The summed E-state index contributed by atoms with van der Waals surface area (Å²) in [6, 6.07) is 6.39. The predicted molar refractivity (Wildman–Crippen MR) is 56.5 cm³/mol. The van der Waals surface area contributed by atoms with Gasteiger partial charge in [0.15, 0.2) is 5.78 Å². The fourth-order valence-electron chi connectivity index (χ4n) is 1.27. The number of hydrogen-bond acceptors (Lipinski definition) is 4. The maximum atomic E-state index is 11.2. The molecule has 0 radical (unpaired) electrons. The lowest BCUT2D eigenvalue weighted by Gasteiger charge is -2.23. The molecule has 0 fully saturated rings. The van der Waals surface area contributed by atoms with Crippen LogP contribution in [0.2, 0.25) is 0 Å². The Morgan fingerprint density at radius 2 is 1.93 bits per heavy atom. The van der Waals surface area contributed by atoms with Gasteiger partial charge in [-0.2, -0.15) is 0 Å². The van der Waals surface area contributed by atoms with Crippen LogP contribution in [0.25, 0.3) is 0 Å². The zero-order valence-corrected chi connectivity index (χ0v) is 8.60. The standard InChI is InChI=1S/C11H15NO3/c1-8(14)11(12,7-13)6-9-2-4-10(15)5-3-9/h2-5,13,15H,6-7,12H2,1H3. The second-order valence-corrected chi connectivity index (χ2v) is 3.71. The van der Waals surface area contributed by atoms with Crippen LogP contribution in [0.5, 0.6) is 5.75 Å². The van der Waals surface area contributed by atoms with Crippen molar-refractivity contribution in [1.82, 2.24) is 0 Å². The molecule has 1 unspecified atom stereocenters. The first kappa shape index (κ1) is 11.7. The van der Waals surface area contributed by atoms with Crippen LogP contribution in [0.3, 0.4) is 0 Å². The fraction of sp³-hybridized carbons (Fsp3) is 0.364. The number of carbonyl (C=O) groups excluding carboxylic acids is 1. The van der Waals surface area contributed by atoms with Crippen molar-refractivity contribution in [3.63, 3.8) is 0 Å². The summed E-state index contributed by atoms with van der Waals surface area (Å²) in [5, 5.41) is 18.2. The molecule has 1 aromatic carbocycles. The van der Waals surface area contributed by atoms with Crippen molar-refractivity contribution < 1.29 is 15.0 Å². The molecule has 0 saturated carbocycles. The zero-order valence-electron chi connectivity index (χ0n) is 8.60. The minimum absolute atomic E-state index is 0.160. The monoisotopic (exact) mass is 209 g/mol. The summed E-state index contributed by atoms with van der Waals surface area (Å²) in [6.45, 7) is 0.972. The number of aromatic hydroxyl groups is 1. The van der Waals surface area contributed by atoms with Gasteiger partial charge in [-0.25, -0.2) is 0 Å². The third kappa shape index (κ3) is 2.78. The molecule has 0 spiro atoms. The van der Waals surface area contributed by atoms with Gasteiger partial charge in [0.2, 0.25) is 0 Å². The van der Waals surface area contributed by atoms with Crippen molar-refractivity contribution >= 4 is 5.78 Å². The average Bonchev–Trinajstić information content (AvgIpc) is 2.21. The highest BCUT2D eigenvalue weighted by molar-refractivity contribution is 5.86. The lowest BCUT2D eigenvalue weighted by atomic mass is 9.89. The number of nitrogens with two attached hydrogens (primary N) is 1. The van der Waals surface area contributed by atoms with Crippen LogP contribution in [0.15, 0.2) is 24.3 Å². The second-order valence-electron chi connectivity index (χ2n) is 3.71. The van der Waals surface area contributed by atoms with Crippen LogP contribution < -0.4 is 5.73 Å². The number of aliphatic hydroxyl groups is 1. The molecule has 0 aliphatic heterocycles. The van der Waals surface area contributed by atoms with Crippen LogP contribution in [-0.2, 0) is 11.2 Å². The lowest BCUT2D eigenvalue weighted by molar-refractivity contribution is -0.123. The summed E-state index contributed by atoms with van der Waals surface area (Å²) in [5.74, 6) is -0.0914. The molecule has 0 aromatic heterocycles. The topological polar surface area (TPSA) is 83.6 Å². The smallest absolute Gasteiger partial charge is 0.152 e. The summed E-state index contributed by atoms with van der Waals surface area (Å²) in [7, 11) is 0. The second kappa shape index (κ2) is 4.42. The van der Waals surface area contributed by atoms with Gasteiger partial charge in [-0.3, -0.25) is 4.79 Å². The number of phenolic OH excluding ortho intramolecular Hbond substituents is 1. The van der Waals surface area contributed by atoms with E-state index in [9.17, 15) is 4.79 Å². The van der Waals surface area contributed by atoms with E-state index in [0.717, 1.165) is 5.56 Å². The van der Waals surface area contributed by atoms with Gasteiger partial charge in [0, 0.05) is 0 Å². The van der Waals surface area contributed by atoms with Crippen LogP contribution >= 0.6 is 0 Å². The highest BCUT2D eigenvalue weighted by Gasteiger charge is 2.29. The third-order valence-corrected chi connectivity index (χ3v) is 2.44. The number of ketones is 1. The van der Waals surface area contributed by atoms with Gasteiger partial charge >= 0.3 is 0 Å². The Balaban J connectivity index is 2.84. The Morgan fingerprint density at radius 3 is 2.33 bits per heavy atom. The Morgan fingerprint density at radius 1 is 1.40 bits per heavy atom.